The summed E-state index contributed by atoms with van der Waals surface area (Å²) in [5.41, 5.74) is 2.73. The lowest BCUT2D eigenvalue weighted by Gasteiger charge is -2.43. The van der Waals surface area contributed by atoms with Gasteiger partial charge in [-0.3, -0.25) is 4.79 Å². The molecular formula is C18H20O2. The van der Waals surface area contributed by atoms with Crippen LogP contribution in [0.2, 0.25) is 0 Å². The molecule has 0 aliphatic heterocycles. The molecule has 0 spiro atoms. The number of benzene rings is 1. The molecule has 2 heteroatoms. The standard InChI is InChI=1S/C18H20O2/c1-18(8-2-10-19)9-7-17-14(12-18)4-3-13-11-15(20)5-6-16(13)17/h5-6,10-11,14,17,20H,3-4,7,9,12H2,1H3/t14-,17-,18-/m0/s1. The summed E-state index contributed by atoms with van der Waals surface area (Å²) in [6.07, 6.45) is 6.18. The van der Waals surface area contributed by atoms with Gasteiger partial charge in [0, 0.05) is 5.41 Å². The molecule has 2 nitrogen and oxygen atoms in total. The van der Waals surface area contributed by atoms with E-state index in [4.69, 9.17) is 0 Å². The summed E-state index contributed by atoms with van der Waals surface area (Å²) >= 11 is 0. The molecule has 2 aliphatic carbocycles. The van der Waals surface area contributed by atoms with Crippen LogP contribution in [0.5, 0.6) is 5.75 Å². The van der Waals surface area contributed by atoms with Gasteiger partial charge in [-0.1, -0.05) is 12.0 Å². The van der Waals surface area contributed by atoms with Crippen LogP contribution in [-0.2, 0) is 11.2 Å². The van der Waals surface area contributed by atoms with Crippen molar-refractivity contribution in [2.24, 2.45) is 11.3 Å². The number of rotatable bonds is 0. The van der Waals surface area contributed by atoms with Gasteiger partial charge in [-0.15, -0.1) is 0 Å². The molecule has 20 heavy (non-hydrogen) atoms. The van der Waals surface area contributed by atoms with Crippen molar-refractivity contribution >= 4 is 6.29 Å². The van der Waals surface area contributed by atoms with E-state index in [1.54, 1.807) is 6.07 Å². The molecule has 3 atom stereocenters. The molecule has 3 rings (SSSR count). The zero-order valence-electron chi connectivity index (χ0n) is 11.9. The van der Waals surface area contributed by atoms with Crippen LogP contribution in [-0.4, -0.2) is 11.4 Å². The van der Waals surface area contributed by atoms with Gasteiger partial charge in [0.25, 0.3) is 0 Å². The van der Waals surface area contributed by atoms with E-state index in [2.05, 4.69) is 24.8 Å². The third kappa shape index (κ3) is 2.33. The second kappa shape index (κ2) is 4.98. The Morgan fingerprint density at radius 3 is 3.05 bits per heavy atom. The average Bonchev–Trinajstić information content (AvgIpc) is 2.44. The lowest BCUT2D eigenvalue weighted by Crippen LogP contribution is -2.32. The zero-order valence-corrected chi connectivity index (χ0v) is 11.9. The molecule has 0 bridgehead atoms. The molecule has 0 unspecified atom stereocenters. The summed E-state index contributed by atoms with van der Waals surface area (Å²) < 4.78 is 0. The second-order valence-corrected chi connectivity index (χ2v) is 6.48. The quantitative estimate of drug-likeness (QED) is 0.578. The Hall–Kier alpha value is -1.75. The van der Waals surface area contributed by atoms with Gasteiger partial charge in [-0.25, -0.2) is 0 Å². The van der Waals surface area contributed by atoms with Crippen LogP contribution in [0.15, 0.2) is 18.2 Å². The van der Waals surface area contributed by atoms with Gasteiger partial charge in [0.2, 0.25) is 0 Å². The smallest absolute Gasteiger partial charge is 0.192 e. The predicted octanol–water partition coefficient (Wildman–Crippen LogP) is 3.43. The second-order valence-electron chi connectivity index (χ2n) is 6.48. The molecule has 2 aliphatic rings. The maximum atomic E-state index is 10.5. The van der Waals surface area contributed by atoms with E-state index in [1.807, 2.05) is 6.07 Å². The summed E-state index contributed by atoms with van der Waals surface area (Å²) in [4.78, 5) is 10.5. The molecule has 104 valence electrons. The number of phenols is 1. The Labute approximate surface area is 120 Å². The van der Waals surface area contributed by atoms with Crippen molar-refractivity contribution in [1.82, 2.24) is 0 Å². The number of hydrogen-bond donors (Lipinski definition) is 1. The minimum absolute atomic E-state index is 0.00347. The van der Waals surface area contributed by atoms with Gasteiger partial charge in [0.15, 0.2) is 6.29 Å². The molecule has 0 radical (unpaired) electrons. The van der Waals surface area contributed by atoms with Crippen LogP contribution in [0, 0.1) is 23.2 Å². The molecule has 0 saturated heterocycles. The van der Waals surface area contributed by atoms with Crippen LogP contribution >= 0.6 is 0 Å². The highest BCUT2D eigenvalue weighted by atomic mass is 16.3. The largest absolute Gasteiger partial charge is 0.508 e. The lowest BCUT2D eigenvalue weighted by atomic mass is 9.61. The Kier molecular flexibility index (Phi) is 3.30. The van der Waals surface area contributed by atoms with Crippen LogP contribution < -0.4 is 0 Å². The first-order valence-corrected chi connectivity index (χ1v) is 7.39. The molecule has 1 N–H and O–H groups in total. The number of aromatic hydroxyl groups is 1. The van der Waals surface area contributed by atoms with Crippen molar-refractivity contribution in [3.05, 3.63) is 29.3 Å². The third-order valence-corrected chi connectivity index (χ3v) is 5.03. The number of aryl methyl sites for hydroxylation is 1. The van der Waals surface area contributed by atoms with E-state index in [-0.39, 0.29) is 5.41 Å². The van der Waals surface area contributed by atoms with E-state index in [0.717, 1.165) is 25.7 Å². The molecule has 1 aromatic rings. The highest BCUT2D eigenvalue weighted by Crippen LogP contribution is 2.51. The van der Waals surface area contributed by atoms with Crippen molar-refractivity contribution < 1.29 is 9.90 Å². The topological polar surface area (TPSA) is 37.3 Å². The number of carbonyl (C=O) groups excluding carboxylic acids is 1. The van der Waals surface area contributed by atoms with Gasteiger partial charge < -0.3 is 5.11 Å². The SMILES string of the molecule is C[C@]1(C#CC=O)CC[C@@H]2c3ccc(O)cc3CC[C@H]2C1. The molecule has 0 amide bonds. The van der Waals surface area contributed by atoms with E-state index >= 15 is 0 Å². The summed E-state index contributed by atoms with van der Waals surface area (Å²) in [5, 5.41) is 9.61. The van der Waals surface area contributed by atoms with Gasteiger partial charge in [0.05, 0.1) is 0 Å². The van der Waals surface area contributed by atoms with Crippen molar-refractivity contribution in [2.75, 3.05) is 0 Å². The van der Waals surface area contributed by atoms with E-state index < -0.39 is 0 Å². The van der Waals surface area contributed by atoms with Gasteiger partial charge >= 0.3 is 0 Å². The van der Waals surface area contributed by atoms with Crippen LogP contribution in [0.1, 0.15) is 49.7 Å². The Balaban J connectivity index is 1.86. The summed E-state index contributed by atoms with van der Waals surface area (Å²) in [6, 6.07) is 5.83. The van der Waals surface area contributed by atoms with Gasteiger partial charge in [0.1, 0.15) is 5.75 Å². The molecule has 1 aromatic carbocycles. The third-order valence-electron chi connectivity index (χ3n) is 5.03. The molecule has 1 saturated carbocycles. The number of carbonyl (C=O) groups is 1. The Morgan fingerprint density at radius 2 is 2.25 bits per heavy atom. The fraction of sp³-hybridized carbons (Fsp3) is 0.500. The number of hydrogen-bond acceptors (Lipinski definition) is 2. The first kappa shape index (κ1) is 13.2. The molecular weight excluding hydrogens is 248 g/mol. The van der Waals surface area contributed by atoms with Crippen molar-refractivity contribution in [3.63, 3.8) is 0 Å². The summed E-state index contributed by atoms with van der Waals surface area (Å²) in [5.74, 6) is 7.41. The number of phenolic OH excluding ortho intramolecular Hbond substituents is 1. The molecule has 0 aromatic heterocycles. The zero-order chi connectivity index (χ0) is 14.2. The van der Waals surface area contributed by atoms with Crippen molar-refractivity contribution in [1.29, 1.82) is 0 Å². The summed E-state index contributed by atoms with van der Waals surface area (Å²) in [6.45, 7) is 2.19. The molecule has 1 fully saturated rings. The highest BCUT2D eigenvalue weighted by Gasteiger charge is 2.39. The fourth-order valence-corrected chi connectivity index (χ4v) is 4.07. The maximum absolute atomic E-state index is 10.5. The molecule has 0 heterocycles. The van der Waals surface area contributed by atoms with Crippen molar-refractivity contribution in [3.8, 4) is 17.6 Å². The first-order valence-electron chi connectivity index (χ1n) is 7.39. The van der Waals surface area contributed by atoms with Crippen LogP contribution in [0.25, 0.3) is 0 Å². The van der Waals surface area contributed by atoms with Crippen LogP contribution in [0.4, 0.5) is 0 Å². The van der Waals surface area contributed by atoms with E-state index in [9.17, 15) is 9.90 Å². The first-order chi connectivity index (χ1) is 9.61. The maximum Gasteiger partial charge on any atom is 0.192 e. The number of aldehydes is 1. The fourth-order valence-electron chi connectivity index (χ4n) is 4.07. The monoisotopic (exact) mass is 268 g/mol. The van der Waals surface area contributed by atoms with Gasteiger partial charge in [-0.2, -0.15) is 0 Å². The predicted molar refractivity (Wildman–Crippen MR) is 78.5 cm³/mol. The van der Waals surface area contributed by atoms with Crippen LogP contribution in [0.3, 0.4) is 0 Å². The Bertz CT molecular complexity index is 593. The van der Waals surface area contributed by atoms with E-state index in [0.29, 0.717) is 23.9 Å². The average molecular weight is 268 g/mol. The Morgan fingerprint density at radius 1 is 1.40 bits per heavy atom. The number of fused-ring (bicyclic) bond motifs is 3. The normalized spacial score (nSPS) is 31.4. The van der Waals surface area contributed by atoms with Crippen molar-refractivity contribution in [2.45, 2.75) is 44.9 Å². The minimum Gasteiger partial charge on any atom is -0.508 e. The van der Waals surface area contributed by atoms with Gasteiger partial charge in [-0.05, 0) is 80.0 Å². The highest BCUT2D eigenvalue weighted by molar-refractivity contribution is 5.72. The minimum atomic E-state index is -0.00347. The lowest BCUT2D eigenvalue weighted by molar-refractivity contribution is -0.103. The van der Waals surface area contributed by atoms with E-state index in [1.165, 1.54) is 17.5 Å². The summed E-state index contributed by atoms with van der Waals surface area (Å²) in [7, 11) is 0.